The van der Waals surface area contributed by atoms with E-state index in [4.69, 9.17) is 10.8 Å². The number of nitrogen functional groups attached to an aromatic ring is 1. The topological polar surface area (TPSA) is 76.5 Å². The SMILES string of the molecule is Cc1coc(N)c1C(=O)O. The first-order valence-electron chi connectivity index (χ1n) is 2.69. The third-order valence-corrected chi connectivity index (χ3v) is 1.22. The van der Waals surface area contributed by atoms with Crippen molar-refractivity contribution in [2.24, 2.45) is 0 Å². The van der Waals surface area contributed by atoms with E-state index in [1.165, 1.54) is 6.26 Å². The van der Waals surface area contributed by atoms with Gasteiger partial charge in [-0.3, -0.25) is 0 Å². The lowest BCUT2D eigenvalue weighted by Gasteiger charge is -1.89. The number of carboxylic acid groups (broad SMARTS) is 1. The number of hydrogen-bond donors (Lipinski definition) is 2. The van der Waals surface area contributed by atoms with Gasteiger partial charge < -0.3 is 15.3 Å². The average molecular weight is 141 g/mol. The second-order valence-electron chi connectivity index (χ2n) is 1.96. The molecule has 3 N–H and O–H groups in total. The number of hydrogen-bond acceptors (Lipinski definition) is 3. The molecule has 0 amide bonds. The molecule has 0 radical (unpaired) electrons. The minimum atomic E-state index is -1.05. The van der Waals surface area contributed by atoms with Gasteiger partial charge in [-0.1, -0.05) is 0 Å². The van der Waals surface area contributed by atoms with Gasteiger partial charge in [-0.05, 0) is 6.92 Å². The van der Waals surface area contributed by atoms with E-state index in [2.05, 4.69) is 4.42 Å². The molecule has 0 unspecified atom stereocenters. The van der Waals surface area contributed by atoms with Crippen LogP contribution in [0.5, 0.6) is 0 Å². The summed E-state index contributed by atoms with van der Waals surface area (Å²) in [5.74, 6) is -1.09. The van der Waals surface area contributed by atoms with Gasteiger partial charge in [-0.25, -0.2) is 4.79 Å². The highest BCUT2D eigenvalue weighted by molar-refractivity contribution is 5.93. The molecule has 1 heterocycles. The summed E-state index contributed by atoms with van der Waals surface area (Å²) in [6.07, 6.45) is 1.32. The first-order valence-corrected chi connectivity index (χ1v) is 2.69. The highest BCUT2D eigenvalue weighted by Crippen LogP contribution is 2.17. The van der Waals surface area contributed by atoms with E-state index in [-0.39, 0.29) is 11.4 Å². The van der Waals surface area contributed by atoms with Crippen LogP contribution in [0.25, 0.3) is 0 Å². The van der Waals surface area contributed by atoms with Crippen LogP contribution in [0.1, 0.15) is 15.9 Å². The van der Waals surface area contributed by atoms with E-state index >= 15 is 0 Å². The lowest BCUT2D eigenvalue weighted by Crippen LogP contribution is -2.00. The Kier molecular flexibility index (Phi) is 1.37. The first kappa shape index (κ1) is 6.67. The lowest BCUT2D eigenvalue weighted by molar-refractivity contribution is 0.0697. The summed E-state index contributed by atoms with van der Waals surface area (Å²) in [5.41, 5.74) is 5.80. The smallest absolute Gasteiger partial charge is 0.341 e. The van der Waals surface area contributed by atoms with Crippen LogP contribution in [0.2, 0.25) is 0 Å². The Hall–Kier alpha value is -1.45. The van der Waals surface area contributed by atoms with Crippen molar-refractivity contribution in [1.82, 2.24) is 0 Å². The van der Waals surface area contributed by atoms with Gasteiger partial charge >= 0.3 is 5.97 Å². The molecule has 10 heavy (non-hydrogen) atoms. The number of carboxylic acids is 1. The molecule has 0 saturated heterocycles. The van der Waals surface area contributed by atoms with Gasteiger partial charge in [0.25, 0.3) is 0 Å². The van der Waals surface area contributed by atoms with Crippen molar-refractivity contribution in [3.8, 4) is 0 Å². The van der Waals surface area contributed by atoms with Crippen LogP contribution in [0.3, 0.4) is 0 Å². The number of carbonyl (C=O) groups is 1. The van der Waals surface area contributed by atoms with Crippen molar-refractivity contribution in [2.75, 3.05) is 5.73 Å². The van der Waals surface area contributed by atoms with Crippen LogP contribution in [0.4, 0.5) is 5.88 Å². The molecule has 1 aromatic heterocycles. The number of nitrogens with two attached hydrogens (primary N) is 1. The molecule has 1 rings (SSSR count). The van der Waals surface area contributed by atoms with Crippen molar-refractivity contribution in [2.45, 2.75) is 6.92 Å². The van der Waals surface area contributed by atoms with Crippen LogP contribution in [-0.4, -0.2) is 11.1 Å². The Bertz CT molecular complexity index is 244. The molecule has 1 aromatic rings. The Morgan fingerprint density at radius 2 is 2.40 bits per heavy atom. The molecule has 0 aliphatic heterocycles. The Labute approximate surface area is 57.3 Å². The highest BCUT2D eigenvalue weighted by atomic mass is 16.4. The monoisotopic (exact) mass is 141 g/mol. The van der Waals surface area contributed by atoms with Gasteiger partial charge in [0.15, 0.2) is 0 Å². The lowest BCUT2D eigenvalue weighted by atomic mass is 10.2. The summed E-state index contributed by atoms with van der Waals surface area (Å²) in [5, 5.41) is 8.50. The number of rotatable bonds is 1. The van der Waals surface area contributed by atoms with Crippen LogP contribution >= 0.6 is 0 Å². The predicted octanol–water partition coefficient (Wildman–Crippen LogP) is 0.868. The maximum absolute atomic E-state index is 10.4. The minimum absolute atomic E-state index is 0.0370. The van der Waals surface area contributed by atoms with E-state index in [1.807, 2.05) is 0 Å². The highest BCUT2D eigenvalue weighted by Gasteiger charge is 2.14. The molecule has 4 heteroatoms. The summed E-state index contributed by atoms with van der Waals surface area (Å²) in [6, 6.07) is 0. The largest absolute Gasteiger partial charge is 0.477 e. The van der Waals surface area contributed by atoms with Gasteiger partial charge in [-0.2, -0.15) is 0 Å². The van der Waals surface area contributed by atoms with Crippen molar-refractivity contribution < 1.29 is 14.3 Å². The molecular weight excluding hydrogens is 134 g/mol. The normalized spacial score (nSPS) is 9.70. The van der Waals surface area contributed by atoms with Crippen LogP contribution in [0, 0.1) is 6.92 Å². The van der Waals surface area contributed by atoms with E-state index in [0.717, 1.165) is 0 Å². The average Bonchev–Trinajstić information content (AvgIpc) is 2.11. The zero-order valence-corrected chi connectivity index (χ0v) is 5.42. The molecule has 0 aliphatic carbocycles. The number of aromatic carboxylic acids is 1. The minimum Gasteiger partial charge on any atom is -0.477 e. The first-order chi connectivity index (χ1) is 4.63. The number of aryl methyl sites for hydroxylation is 1. The maximum Gasteiger partial charge on any atom is 0.341 e. The predicted molar refractivity (Wildman–Crippen MR) is 34.8 cm³/mol. The Morgan fingerprint density at radius 1 is 1.80 bits per heavy atom. The van der Waals surface area contributed by atoms with Crippen LogP contribution in [0.15, 0.2) is 10.7 Å². The summed E-state index contributed by atoms with van der Waals surface area (Å²) in [6.45, 7) is 1.63. The summed E-state index contributed by atoms with van der Waals surface area (Å²) < 4.78 is 4.65. The van der Waals surface area contributed by atoms with Crippen molar-refractivity contribution in [3.63, 3.8) is 0 Å². The summed E-state index contributed by atoms with van der Waals surface area (Å²) >= 11 is 0. The van der Waals surface area contributed by atoms with E-state index in [9.17, 15) is 4.79 Å². The van der Waals surface area contributed by atoms with E-state index < -0.39 is 5.97 Å². The van der Waals surface area contributed by atoms with Crippen molar-refractivity contribution >= 4 is 11.9 Å². The van der Waals surface area contributed by atoms with Gasteiger partial charge in [-0.15, -0.1) is 0 Å². The molecule has 0 saturated carbocycles. The molecule has 0 bridgehead atoms. The fraction of sp³-hybridized carbons (Fsp3) is 0.167. The number of furan rings is 1. The van der Waals surface area contributed by atoms with Gasteiger partial charge in [0.1, 0.15) is 5.56 Å². The van der Waals surface area contributed by atoms with Crippen molar-refractivity contribution in [3.05, 3.63) is 17.4 Å². The van der Waals surface area contributed by atoms with Gasteiger partial charge in [0.05, 0.1) is 6.26 Å². The van der Waals surface area contributed by atoms with Gasteiger partial charge in [0.2, 0.25) is 5.88 Å². The molecule has 0 aromatic carbocycles. The summed E-state index contributed by atoms with van der Waals surface area (Å²) in [7, 11) is 0. The van der Waals surface area contributed by atoms with E-state index in [0.29, 0.717) is 5.56 Å². The molecule has 0 spiro atoms. The number of anilines is 1. The quantitative estimate of drug-likeness (QED) is 0.608. The molecule has 0 fully saturated rings. The fourth-order valence-electron chi connectivity index (χ4n) is 0.738. The fourth-order valence-corrected chi connectivity index (χ4v) is 0.738. The zero-order chi connectivity index (χ0) is 7.72. The van der Waals surface area contributed by atoms with Crippen LogP contribution in [-0.2, 0) is 0 Å². The Morgan fingerprint density at radius 3 is 2.60 bits per heavy atom. The molecular formula is C6H7NO3. The maximum atomic E-state index is 10.4. The third-order valence-electron chi connectivity index (χ3n) is 1.22. The van der Waals surface area contributed by atoms with E-state index in [1.54, 1.807) is 6.92 Å². The summed E-state index contributed by atoms with van der Waals surface area (Å²) in [4.78, 5) is 10.4. The molecule has 0 aliphatic rings. The third kappa shape index (κ3) is 0.834. The van der Waals surface area contributed by atoms with Crippen molar-refractivity contribution in [1.29, 1.82) is 0 Å². The Balaban J connectivity index is 3.23. The standard InChI is InChI=1S/C6H7NO3/c1-3-2-10-5(7)4(3)6(8)9/h2H,7H2,1H3,(H,8,9). The molecule has 54 valence electrons. The second-order valence-corrected chi connectivity index (χ2v) is 1.96. The zero-order valence-electron chi connectivity index (χ0n) is 5.42. The second kappa shape index (κ2) is 2.06. The molecule has 4 nitrogen and oxygen atoms in total. The van der Waals surface area contributed by atoms with Gasteiger partial charge in [0, 0.05) is 5.56 Å². The molecule has 0 atom stereocenters. The van der Waals surface area contributed by atoms with Crippen LogP contribution < -0.4 is 5.73 Å².